The molecule has 0 aliphatic rings. The normalized spacial score (nSPS) is 14.4. The second kappa shape index (κ2) is 6.40. The van der Waals surface area contributed by atoms with E-state index in [4.69, 9.17) is 5.73 Å². The maximum atomic E-state index is 11.7. The summed E-state index contributed by atoms with van der Waals surface area (Å²) in [4.78, 5) is 11.7. The summed E-state index contributed by atoms with van der Waals surface area (Å²) in [7, 11) is 0. The van der Waals surface area contributed by atoms with E-state index in [1.54, 1.807) is 0 Å². The summed E-state index contributed by atoms with van der Waals surface area (Å²) in [5, 5.41) is 2.95. The molecular weight excluding hydrogens is 212 g/mol. The average Bonchev–Trinajstić information content (AvgIpc) is 2.28. The van der Waals surface area contributed by atoms with Crippen LogP contribution in [0, 0.1) is 5.92 Å². The SMILES string of the molecule is CC(Cc1ccccc1)NC(=O)C(N)C(C)C. The molecule has 17 heavy (non-hydrogen) atoms. The van der Waals surface area contributed by atoms with Crippen LogP contribution in [0.3, 0.4) is 0 Å². The molecule has 0 aliphatic heterocycles. The highest BCUT2D eigenvalue weighted by atomic mass is 16.2. The minimum Gasteiger partial charge on any atom is -0.352 e. The van der Waals surface area contributed by atoms with Gasteiger partial charge in [0.05, 0.1) is 6.04 Å². The Morgan fingerprint density at radius 2 is 1.82 bits per heavy atom. The molecule has 3 N–H and O–H groups in total. The van der Waals surface area contributed by atoms with Crippen molar-refractivity contribution in [3.63, 3.8) is 0 Å². The van der Waals surface area contributed by atoms with Gasteiger partial charge in [0.2, 0.25) is 5.91 Å². The van der Waals surface area contributed by atoms with Crippen molar-refractivity contribution in [2.24, 2.45) is 11.7 Å². The van der Waals surface area contributed by atoms with Crippen molar-refractivity contribution in [2.45, 2.75) is 39.3 Å². The van der Waals surface area contributed by atoms with Crippen molar-refractivity contribution in [3.05, 3.63) is 35.9 Å². The van der Waals surface area contributed by atoms with Crippen LogP contribution >= 0.6 is 0 Å². The Kier molecular flexibility index (Phi) is 5.16. The molecule has 3 heteroatoms. The fourth-order valence-electron chi connectivity index (χ4n) is 1.66. The molecule has 0 fully saturated rings. The molecule has 0 radical (unpaired) electrons. The van der Waals surface area contributed by atoms with E-state index in [2.05, 4.69) is 17.4 Å². The number of carbonyl (C=O) groups is 1. The lowest BCUT2D eigenvalue weighted by molar-refractivity contribution is -0.123. The molecular formula is C14H22N2O. The van der Waals surface area contributed by atoms with Gasteiger partial charge in [0.1, 0.15) is 0 Å². The minimum atomic E-state index is -0.423. The monoisotopic (exact) mass is 234 g/mol. The average molecular weight is 234 g/mol. The van der Waals surface area contributed by atoms with Crippen molar-refractivity contribution < 1.29 is 4.79 Å². The van der Waals surface area contributed by atoms with E-state index < -0.39 is 6.04 Å². The number of benzene rings is 1. The van der Waals surface area contributed by atoms with Gasteiger partial charge in [0.15, 0.2) is 0 Å². The van der Waals surface area contributed by atoms with Gasteiger partial charge in [-0.25, -0.2) is 0 Å². The Bertz CT molecular complexity index is 348. The maximum absolute atomic E-state index is 11.7. The Morgan fingerprint density at radius 1 is 1.24 bits per heavy atom. The highest BCUT2D eigenvalue weighted by molar-refractivity contribution is 5.81. The number of hydrogen-bond donors (Lipinski definition) is 2. The molecule has 0 saturated heterocycles. The van der Waals surface area contributed by atoms with Gasteiger partial charge in [-0.15, -0.1) is 0 Å². The fourth-order valence-corrected chi connectivity index (χ4v) is 1.66. The lowest BCUT2D eigenvalue weighted by Crippen LogP contribution is -2.47. The Balaban J connectivity index is 2.45. The van der Waals surface area contributed by atoms with Crippen molar-refractivity contribution in [2.75, 3.05) is 0 Å². The van der Waals surface area contributed by atoms with E-state index >= 15 is 0 Å². The summed E-state index contributed by atoms with van der Waals surface area (Å²) in [6, 6.07) is 9.80. The summed E-state index contributed by atoms with van der Waals surface area (Å²) < 4.78 is 0. The quantitative estimate of drug-likeness (QED) is 0.815. The molecule has 3 nitrogen and oxygen atoms in total. The van der Waals surface area contributed by atoms with Gasteiger partial charge in [0, 0.05) is 6.04 Å². The molecule has 1 aromatic carbocycles. The smallest absolute Gasteiger partial charge is 0.237 e. The summed E-state index contributed by atoms with van der Waals surface area (Å²) in [6.07, 6.45) is 0.831. The first-order valence-electron chi connectivity index (χ1n) is 6.10. The van der Waals surface area contributed by atoms with Gasteiger partial charge in [-0.1, -0.05) is 44.2 Å². The van der Waals surface area contributed by atoms with E-state index in [0.717, 1.165) is 6.42 Å². The minimum absolute atomic E-state index is 0.0663. The van der Waals surface area contributed by atoms with E-state index in [0.29, 0.717) is 0 Å². The zero-order chi connectivity index (χ0) is 12.8. The summed E-state index contributed by atoms with van der Waals surface area (Å²) in [5.74, 6) is 0.0994. The number of nitrogens with two attached hydrogens (primary N) is 1. The molecule has 2 unspecified atom stereocenters. The Hall–Kier alpha value is -1.35. The first-order valence-corrected chi connectivity index (χ1v) is 6.10. The second-order valence-corrected chi connectivity index (χ2v) is 4.87. The van der Waals surface area contributed by atoms with Crippen LogP contribution in [0.15, 0.2) is 30.3 Å². The molecule has 0 saturated carbocycles. The van der Waals surface area contributed by atoms with Crippen LogP contribution in [-0.2, 0) is 11.2 Å². The van der Waals surface area contributed by atoms with Crippen molar-refractivity contribution in [3.8, 4) is 0 Å². The predicted octanol–water partition coefficient (Wildman–Crippen LogP) is 1.72. The largest absolute Gasteiger partial charge is 0.352 e. The van der Waals surface area contributed by atoms with Gasteiger partial charge in [-0.3, -0.25) is 4.79 Å². The zero-order valence-electron chi connectivity index (χ0n) is 10.8. The highest BCUT2D eigenvalue weighted by Gasteiger charge is 2.18. The van der Waals surface area contributed by atoms with E-state index in [1.807, 2.05) is 39.0 Å². The molecule has 0 heterocycles. The maximum Gasteiger partial charge on any atom is 0.237 e. The van der Waals surface area contributed by atoms with E-state index in [1.165, 1.54) is 5.56 Å². The van der Waals surface area contributed by atoms with Crippen LogP contribution in [0.5, 0.6) is 0 Å². The van der Waals surface area contributed by atoms with Crippen molar-refractivity contribution in [1.29, 1.82) is 0 Å². The molecule has 94 valence electrons. The molecule has 0 aliphatic carbocycles. The first kappa shape index (κ1) is 13.7. The molecule has 1 amide bonds. The van der Waals surface area contributed by atoms with Gasteiger partial charge in [0.25, 0.3) is 0 Å². The van der Waals surface area contributed by atoms with Gasteiger partial charge in [-0.05, 0) is 24.8 Å². The predicted molar refractivity (Wildman–Crippen MR) is 70.6 cm³/mol. The Labute approximate surface area is 103 Å². The first-order chi connectivity index (χ1) is 8.00. The van der Waals surface area contributed by atoms with Crippen LogP contribution in [0.1, 0.15) is 26.3 Å². The number of hydrogen-bond acceptors (Lipinski definition) is 2. The standard InChI is InChI=1S/C14H22N2O/c1-10(2)13(15)14(17)16-11(3)9-12-7-5-4-6-8-12/h4-8,10-11,13H,9,15H2,1-3H3,(H,16,17). The number of nitrogens with one attached hydrogen (secondary N) is 1. The Morgan fingerprint density at radius 3 is 2.35 bits per heavy atom. The topological polar surface area (TPSA) is 55.1 Å². The molecule has 2 atom stereocenters. The molecule has 0 spiro atoms. The molecule has 0 bridgehead atoms. The zero-order valence-corrected chi connectivity index (χ0v) is 10.8. The van der Waals surface area contributed by atoms with Crippen LogP contribution in [-0.4, -0.2) is 18.0 Å². The highest BCUT2D eigenvalue weighted by Crippen LogP contribution is 2.04. The van der Waals surface area contributed by atoms with E-state index in [-0.39, 0.29) is 17.9 Å². The van der Waals surface area contributed by atoms with Crippen LogP contribution < -0.4 is 11.1 Å². The third-order valence-electron chi connectivity index (χ3n) is 2.79. The number of carbonyl (C=O) groups excluding carboxylic acids is 1. The summed E-state index contributed by atoms with van der Waals surface area (Å²) in [5.41, 5.74) is 7.01. The van der Waals surface area contributed by atoms with E-state index in [9.17, 15) is 4.79 Å². The summed E-state index contributed by atoms with van der Waals surface area (Å²) >= 11 is 0. The molecule has 0 aromatic heterocycles. The number of rotatable bonds is 5. The molecule has 1 rings (SSSR count). The third-order valence-corrected chi connectivity index (χ3v) is 2.79. The van der Waals surface area contributed by atoms with Crippen LogP contribution in [0.2, 0.25) is 0 Å². The van der Waals surface area contributed by atoms with Gasteiger partial charge in [-0.2, -0.15) is 0 Å². The van der Waals surface area contributed by atoms with Gasteiger partial charge < -0.3 is 11.1 Å². The second-order valence-electron chi connectivity index (χ2n) is 4.87. The lowest BCUT2D eigenvalue weighted by Gasteiger charge is -2.19. The van der Waals surface area contributed by atoms with Crippen LogP contribution in [0.25, 0.3) is 0 Å². The van der Waals surface area contributed by atoms with Crippen molar-refractivity contribution >= 4 is 5.91 Å². The van der Waals surface area contributed by atoms with Gasteiger partial charge >= 0.3 is 0 Å². The van der Waals surface area contributed by atoms with Crippen molar-refractivity contribution in [1.82, 2.24) is 5.32 Å². The lowest BCUT2D eigenvalue weighted by atomic mass is 10.0. The van der Waals surface area contributed by atoms with Crippen LogP contribution in [0.4, 0.5) is 0 Å². The molecule has 1 aromatic rings. The number of amides is 1. The third kappa shape index (κ3) is 4.57. The summed E-state index contributed by atoms with van der Waals surface area (Å²) in [6.45, 7) is 5.90. The fraction of sp³-hybridized carbons (Fsp3) is 0.500.